The number of anilines is 1. The molecule has 0 radical (unpaired) electrons. The molecule has 0 aliphatic rings. The largest absolute Gasteiger partial charge is 0.397 e. The molecule has 66 valence electrons. The third-order valence-electron chi connectivity index (χ3n) is 1.28. The first kappa shape index (κ1) is 9.85. The SMILES string of the molecule is Nc1c(Br)cnc(Br)c1C(F)F. The number of halogens is 4. The number of alkyl halides is 2. The molecule has 1 aromatic rings. The molecular formula is C6H4Br2F2N2. The highest BCUT2D eigenvalue weighted by molar-refractivity contribution is 9.11. The molecule has 0 aliphatic carbocycles. The monoisotopic (exact) mass is 300 g/mol. The number of aromatic nitrogens is 1. The molecule has 0 saturated heterocycles. The summed E-state index contributed by atoms with van der Waals surface area (Å²) in [6.07, 6.45) is -1.25. The molecule has 0 saturated carbocycles. The lowest BCUT2D eigenvalue weighted by molar-refractivity contribution is 0.151. The van der Waals surface area contributed by atoms with E-state index < -0.39 is 6.43 Å². The molecule has 0 bridgehead atoms. The summed E-state index contributed by atoms with van der Waals surface area (Å²) in [6.45, 7) is 0. The van der Waals surface area contributed by atoms with Gasteiger partial charge in [-0.1, -0.05) is 0 Å². The maximum atomic E-state index is 12.3. The number of pyridine rings is 1. The Morgan fingerprint density at radius 2 is 2.00 bits per heavy atom. The van der Waals surface area contributed by atoms with Crippen LogP contribution >= 0.6 is 31.9 Å². The van der Waals surface area contributed by atoms with Crippen LogP contribution in [0.25, 0.3) is 0 Å². The second kappa shape index (κ2) is 3.66. The minimum Gasteiger partial charge on any atom is -0.397 e. The van der Waals surface area contributed by atoms with E-state index in [4.69, 9.17) is 5.73 Å². The van der Waals surface area contributed by atoms with Gasteiger partial charge in [0.05, 0.1) is 15.7 Å². The highest BCUT2D eigenvalue weighted by atomic mass is 79.9. The van der Waals surface area contributed by atoms with E-state index in [9.17, 15) is 8.78 Å². The molecule has 0 amide bonds. The molecule has 0 aliphatic heterocycles. The summed E-state index contributed by atoms with van der Waals surface area (Å²) >= 11 is 5.90. The molecule has 12 heavy (non-hydrogen) atoms. The van der Waals surface area contributed by atoms with Gasteiger partial charge in [-0.3, -0.25) is 0 Å². The zero-order valence-corrected chi connectivity index (χ0v) is 8.86. The first-order chi connectivity index (χ1) is 5.54. The molecular weight excluding hydrogens is 298 g/mol. The Morgan fingerprint density at radius 3 is 2.42 bits per heavy atom. The number of hydrogen-bond acceptors (Lipinski definition) is 2. The summed E-state index contributed by atoms with van der Waals surface area (Å²) in [7, 11) is 0. The first-order valence-corrected chi connectivity index (χ1v) is 4.50. The molecule has 0 aromatic carbocycles. The zero-order chi connectivity index (χ0) is 9.30. The lowest BCUT2D eigenvalue weighted by Gasteiger charge is -2.07. The van der Waals surface area contributed by atoms with Crippen LogP contribution in [0.15, 0.2) is 15.3 Å². The minimum absolute atomic E-state index is 0.0203. The van der Waals surface area contributed by atoms with Gasteiger partial charge in [-0.25, -0.2) is 13.8 Å². The van der Waals surface area contributed by atoms with E-state index in [1.807, 2.05) is 0 Å². The van der Waals surface area contributed by atoms with Crippen LogP contribution in [-0.2, 0) is 0 Å². The van der Waals surface area contributed by atoms with Gasteiger partial charge in [-0.15, -0.1) is 0 Å². The molecule has 0 unspecified atom stereocenters. The van der Waals surface area contributed by atoms with Crippen LogP contribution in [0, 0.1) is 0 Å². The normalized spacial score (nSPS) is 10.8. The summed E-state index contributed by atoms with van der Waals surface area (Å²) < 4.78 is 25.1. The van der Waals surface area contributed by atoms with Gasteiger partial charge in [0.25, 0.3) is 6.43 Å². The number of rotatable bonds is 1. The Morgan fingerprint density at radius 1 is 1.42 bits per heavy atom. The average Bonchev–Trinajstić information content (AvgIpc) is 1.97. The third-order valence-corrected chi connectivity index (χ3v) is 2.54. The number of nitrogens with zero attached hydrogens (tertiary/aromatic N) is 1. The molecule has 2 nitrogen and oxygen atoms in total. The second-order valence-corrected chi connectivity index (χ2v) is 3.63. The van der Waals surface area contributed by atoms with Gasteiger partial charge in [-0.05, 0) is 31.9 Å². The highest BCUT2D eigenvalue weighted by Gasteiger charge is 2.18. The summed E-state index contributed by atoms with van der Waals surface area (Å²) in [5, 5.41) is 0. The van der Waals surface area contributed by atoms with Gasteiger partial charge in [0.1, 0.15) is 4.60 Å². The summed E-state index contributed by atoms with van der Waals surface area (Å²) in [5.74, 6) is 0. The predicted molar refractivity (Wildman–Crippen MR) is 49.0 cm³/mol. The second-order valence-electron chi connectivity index (χ2n) is 2.02. The van der Waals surface area contributed by atoms with Crippen molar-refractivity contribution >= 4 is 37.5 Å². The van der Waals surface area contributed by atoms with Crippen molar-refractivity contribution in [3.05, 3.63) is 20.8 Å². The summed E-state index contributed by atoms with van der Waals surface area (Å²) in [6, 6.07) is 0. The Hall–Kier alpha value is -0.230. The fourth-order valence-electron chi connectivity index (χ4n) is 0.700. The van der Waals surface area contributed by atoms with E-state index >= 15 is 0 Å². The number of hydrogen-bond donors (Lipinski definition) is 1. The first-order valence-electron chi connectivity index (χ1n) is 2.91. The van der Waals surface area contributed by atoms with Gasteiger partial charge >= 0.3 is 0 Å². The van der Waals surface area contributed by atoms with Crippen LogP contribution in [0.2, 0.25) is 0 Å². The van der Waals surface area contributed by atoms with Crippen LogP contribution in [0.3, 0.4) is 0 Å². The van der Waals surface area contributed by atoms with Gasteiger partial charge in [0.15, 0.2) is 0 Å². The van der Waals surface area contributed by atoms with E-state index in [0.717, 1.165) is 0 Å². The third kappa shape index (κ3) is 1.74. The van der Waals surface area contributed by atoms with Gasteiger partial charge in [-0.2, -0.15) is 0 Å². The quantitative estimate of drug-likeness (QED) is 0.810. The van der Waals surface area contributed by atoms with Crippen LogP contribution in [-0.4, -0.2) is 4.98 Å². The number of nitrogens with two attached hydrogens (primary N) is 1. The Kier molecular flexibility index (Phi) is 3.00. The van der Waals surface area contributed by atoms with E-state index in [1.165, 1.54) is 6.20 Å². The predicted octanol–water partition coefficient (Wildman–Crippen LogP) is 3.13. The van der Waals surface area contributed by atoms with Gasteiger partial charge in [0, 0.05) is 6.20 Å². The number of nitrogen functional groups attached to an aromatic ring is 1. The van der Waals surface area contributed by atoms with Crippen molar-refractivity contribution in [2.75, 3.05) is 5.73 Å². The maximum Gasteiger partial charge on any atom is 0.268 e. The van der Waals surface area contributed by atoms with Crippen LogP contribution in [0.4, 0.5) is 14.5 Å². The lowest BCUT2D eigenvalue weighted by Crippen LogP contribution is -1.99. The van der Waals surface area contributed by atoms with Gasteiger partial charge < -0.3 is 5.73 Å². The van der Waals surface area contributed by atoms with Crippen LogP contribution < -0.4 is 5.73 Å². The Labute approximate surface area is 84.4 Å². The minimum atomic E-state index is -2.62. The maximum absolute atomic E-state index is 12.3. The molecule has 1 aromatic heterocycles. The smallest absolute Gasteiger partial charge is 0.268 e. The molecule has 1 rings (SSSR count). The van der Waals surface area contributed by atoms with Crippen molar-refractivity contribution in [1.29, 1.82) is 0 Å². The van der Waals surface area contributed by atoms with E-state index in [-0.39, 0.29) is 15.9 Å². The molecule has 2 N–H and O–H groups in total. The standard InChI is InChI=1S/C6H4Br2F2N2/c7-2-1-12-5(8)3(4(2)11)6(9)10/h1,6H,(H2,11,12). The summed E-state index contributed by atoms with van der Waals surface area (Å²) in [5.41, 5.74) is 5.13. The lowest BCUT2D eigenvalue weighted by atomic mass is 10.2. The fourth-order valence-corrected chi connectivity index (χ4v) is 1.50. The Bertz CT molecular complexity index is 304. The van der Waals surface area contributed by atoms with Crippen LogP contribution in [0.1, 0.15) is 12.0 Å². The molecule has 1 heterocycles. The highest BCUT2D eigenvalue weighted by Crippen LogP contribution is 2.34. The van der Waals surface area contributed by atoms with Crippen molar-refractivity contribution in [1.82, 2.24) is 4.98 Å². The summed E-state index contributed by atoms with van der Waals surface area (Å²) in [4.78, 5) is 3.67. The average molecular weight is 302 g/mol. The molecule has 0 spiro atoms. The topological polar surface area (TPSA) is 38.9 Å². The fraction of sp³-hybridized carbons (Fsp3) is 0.167. The van der Waals surface area contributed by atoms with Crippen molar-refractivity contribution < 1.29 is 8.78 Å². The molecule has 0 fully saturated rings. The zero-order valence-electron chi connectivity index (χ0n) is 5.69. The molecule has 6 heteroatoms. The Balaban J connectivity index is 3.33. The van der Waals surface area contributed by atoms with Gasteiger partial charge in [0.2, 0.25) is 0 Å². The van der Waals surface area contributed by atoms with E-state index in [1.54, 1.807) is 0 Å². The molecule has 0 atom stereocenters. The van der Waals surface area contributed by atoms with Crippen molar-refractivity contribution in [2.45, 2.75) is 6.43 Å². The van der Waals surface area contributed by atoms with Crippen molar-refractivity contribution in [3.63, 3.8) is 0 Å². The van der Waals surface area contributed by atoms with Crippen LogP contribution in [0.5, 0.6) is 0 Å². The van der Waals surface area contributed by atoms with Crippen molar-refractivity contribution in [2.24, 2.45) is 0 Å². The van der Waals surface area contributed by atoms with E-state index in [0.29, 0.717) is 4.47 Å². The van der Waals surface area contributed by atoms with E-state index in [2.05, 4.69) is 36.8 Å². The van der Waals surface area contributed by atoms with Crippen molar-refractivity contribution in [3.8, 4) is 0 Å².